The first-order valence-electron chi connectivity index (χ1n) is 6.54. The third kappa shape index (κ3) is 2.82. The van der Waals surface area contributed by atoms with Crippen LogP contribution in [0.1, 0.15) is 21.7 Å². The highest BCUT2D eigenvalue weighted by Gasteiger charge is 2.14. The minimum atomic E-state index is -0.460. The fourth-order valence-corrected chi connectivity index (χ4v) is 2.11. The second kappa shape index (κ2) is 5.95. The molecule has 3 rings (SSSR count). The zero-order valence-electron chi connectivity index (χ0n) is 11.7. The van der Waals surface area contributed by atoms with Gasteiger partial charge in [0.05, 0.1) is 11.2 Å². The number of nitrogens with zero attached hydrogens (tertiary/aromatic N) is 4. The molecule has 0 aliphatic heterocycles. The molecular formula is C15H12ClN5O. The maximum atomic E-state index is 12.1. The lowest BCUT2D eigenvalue weighted by Crippen LogP contribution is -2.20. The van der Waals surface area contributed by atoms with Gasteiger partial charge >= 0.3 is 5.91 Å². The third-order valence-corrected chi connectivity index (χ3v) is 3.34. The number of amides is 1. The molecule has 0 aliphatic carbocycles. The molecule has 0 saturated heterocycles. The van der Waals surface area contributed by atoms with Gasteiger partial charge < -0.3 is 0 Å². The Hall–Kier alpha value is -2.73. The maximum absolute atomic E-state index is 12.1. The number of hydrogen-bond acceptors (Lipinski definition) is 4. The van der Waals surface area contributed by atoms with Crippen LogP contribution in [0.2, 0.25) is 5.02 Å². The molecule has 0 radical (unpaired) electrons. The minimum absolute atomic E-state index is 0.124. The molecule has 1 aromatic carbocycles. The fraction of sp³-hybridized carbons (Fsp3) is 0.0667. The number of aryl methyl sites for hydroxylation is 1. The molecule has 0 atom stereocenters. The molecule has 2 heterocycles. The van der Waals surface area contributed by atoms with Crippen molar-refractivity contribution in [2.24, 2.45) is 5.10 Å². The summed E-state index contributed by atoms with van der Waals surface area (Å²) in [6.45, 7) is 2.00. The monoisotopic (exact) mass is 313 g/mol. The molecule has 110 valence electrons. The van der Waals surface area contributed by atoms with Crippen molar-refractivity contribution in [3.8, 4) is 0 Å². The molecule has 3 aromatic rings. The summed E-state index contributed by atoms with van der Waals surface area (Å²) in [6.07, 6.45) is 3.23. The first-order chi connectivity index (χ1) is 10.6. The molecule has 7 heteroatoms. The molecule has 0 spiro atoms. The number of carbonyl (C=O) groups is 1. The van der Waals surface area contributed by atoms with E-state index in [1.807, 2.05) is 31.2 Å². The van der Waals surface area contributed by atoms with Crippen molar-refractivity contribution in [2.75, 3.05) is 0 Å². The van der Waals surface area contributed by atoms with Crippen molar-refractivity contribution in [2.45, 2.75) is 6.92 Å². The van der Waals surface area contributed by atoms with Crippen LogP contribution in [0, 0.1) is 6.92 Å². The topological polar surface area (TPSA) is 71.7 Å². The van der Waals surface area contributed by atoms with Gasteiger partial charge in [0.15, 0.2) is 5.65 Å². The number of halogens is 1. The van der Waals surface area contributed by atoms with Gasteiger partial charge in [0, 0.05) is 6.20 Å². The van der Waals surface area contributed by atoms with Gasteiger partial charge in [-0.2, -0.15) is 5.10 Å². The highest BCUT2D eigenvalue weighted by molar-refractivity contribution is 6.33. The number of hydrogen-bond donors (Lipinski definition) is 1. The molecule has 0 saturated carbocycles. The average molecular weight is 314 g/mol. The van der Waals surface area contributed by atoms with Crippen molar-refractivity contribution in [3.63, 3.8) is 0 Å². The van der Waals surface area contributed by atoms with E-state index in [1.54, 1.807) is 24.5 Å². The standard InChI is InChI=1S/C15H12ClN5O/c1-10-4-6-11(7-5-10)9-17-20-15(22)14-19-18-13-12(16)3-2-8-21(13)14/h2-9H,1H3,(H,20,22). The van der Waals surface area contributed by atoms with E-state index in [2.05, 4.69) is 20.7 Å². The number of aromatic nitrogens is 3. The quantitative estimate of drug-likeness (QED) is 0.596. The zero-order valence-corrected chi connectivity index (χ0v) is 12.4. The molecule has 6 nitrogen and oxygen atoms in total. The Labute approximate surface area is 131 Å². The predicted molar refractivity (Wildman–Crippen MR) is 84.2 cm³/mol. The second-order valence-corrected chi connectivity index (χ2v) is 5.09. The van der Waals surface area contributed by atoms with E-state index >= 15 is 0 Å². The van der Waals surface area contributed by atoms with Crippen LogP contribution in [0.5, 0.6) is 0 Å². The summed E-state index contributed by atoms with van der Waals surface area (Å²) in [5, 5.41) is 12.1. The van der Waals surface area contributed by atoms with E-state index in [1.165, 1.54) is 4.40 Å². The van der Waals surface area contributed by atoms with Crippen molar-refractivity contribution in [1.29, 1.82) is 0 Å². The molecular weight excluding hydrogens is 302 g/mol. The van der Waals surface area contributed by atoms with Gasteiger partial charge in [-0.1, -0.05) is 41.4 Å². The van der Waals surface area contributed by atoms with Crippen LogP contribution in [0.4, 0.5) is 0 Å². The van der Waals surface area contributed by atoms with E-state index < -0.39 is 5.91 Å². The normalized spacial score (nSPS) is 11.2. The lowest BCUT2D eigenvalue weighted by Gasteiger charge is -1.99. The second-order valence-electron chi connectivity index (χ2n) is 4.68. The molecule has 22 heavy (non-hydrogen) atoms. The molecule has 0 unspecified atom stereocenters. The molecule has 2 aromatic heterocycles. The van der Waals surface area contributed by atoms with Crippen LogP contribution in [0.15, 0.2) is 47.7 Å². The van der Waals surface area contributed by atoms with E-state index in [0.29, 0.717) is 10.7 Å². The Morgan fingerprint density at radius 2 is 2.05 bits per heavy atom. The Morgan fingerprint density at radius 3 is 2.82 bits per heavy atom. The Bertz CT molecular complexity index is 854. The molecule has 1 N–H and O–H groups in total. The van der Waals surface area contributed by atoms with E-state index in [-0.39, 0.29) is 5.82 Å². The van der Waals surface area contributed by atoms with E-state index in [9.17, 15) is 4.79 Å². The van der Waals surface area contributed by atoms with Gasteiger partial charge in [-0.15, -0.1) is 10.2 Å². The summed E-state index contributed by atoms with van der Waals surface area (Å²) in [5.74, 6) is -0.336. The van der Waals surface area contributed by atoms with Crippen molar-refractivity contribution in [3.05, 3.63) is 64.6 Å². The van der Waals surface area contributed by atoms with Crippen molar-refractivity contribution >= 4 is 29.4 Å². The smallest absolute Gasteiger partial charge is 0.277 e. The van der Waals surface area contributed by atoms with Gasteiger partial charge in [0.2, 0.25) is 5.82 Å². The number of benzene rings is 1. The number of pyridine rings is 1. The van der Waals surface area contributed by atoms with Crippen LogP contribution in [-0.4, -0.2) is 26.7 Å². The Morgan fingerprint density at radius 1 is 1.27 bits per heavy atom. The van der Waals surface area contributed by atoms with E-state index in [4.69, 9.17) is 11.6 Å². The summed E-state index contributed by atoms with van der Waals surface area (Å²) in [7, 11) is 0. The third-order valence-electron chi connectivity index (χ3n) is 3.05. The lowest BCUT2D eigenvalue weighted by atomic mass is 10.2. The number of nitrogens with one attached hydrogen (secondary N) is 1. The summed E-state index contributed by atoms with van der Waals surface area (Å²) < 4.78 is 1.51. The summed E-state index contributed by atoms with van der Waals surface area (Å²) in [5.41, 5.74) is 4.90. The van der Waals surface area contributed by atoms with Gasteiger partial charge in [-0.25, -0.2) is 5.43 Å². The number of hydrazone groups is 1. The molecule has 0 aliphatic rings. The van der Waals surface area contributed by atoms with Crippen molar-refractivity contribution < 1.29 is 4.79 Å². The van der Waals surface area contributed by atoms with Crippen molar-refractivity contribution in [1.82, 2.24) is 20.0 Å². The molecule has 0 bridgehead atoms. The zero-order chi connectivity index (χ0) is 15.5. The summed E-state index contributed by atoms with van der Waals surface area (Å²) in [6, 6.07) is 11.2. The van der Waals surface area contributed by atoms with Crippen LogP contribution >= 0.6 is 11.6 Å². The molecule has 0 fully saturated rings. The fourth-order valence-electron chi connectivity index (χ4n) is 1.91. The van der Waals surface area contributed by atoms with Crippen LogP contribution in [0.3, 0.4) is 0 Å². The SMILES string of the molecule is Cc1ccc(C=NNC(=O)c2nnc3c(Cl)cccn23)cc1. The van der Waals surface area contributed by atoms with Gasteiger partial charge in [0.1, 0.15) is 0 Å². The number of carbonyl (C=O) groups excluding carboxylic acids is 1. The highest BCUT2D eigenvalue weighted by atomic mass is 35.5. The first-order valence-corrected chi connectivity index (χ1v) is 6.92. The van der Waals surface area contributed by atoms with Gasteiger partial charge in [0.25, 0.3) is 0 Å². The predicted octanol–water partition coefficient (Wildman–Crippen LogP) is 2.46. The number of fused-ring (bicyclic) bond motifs is 1. The Balaban J connectivity index is 1.76. The highest BCUT2D eigenvalue weighted by Crippen LogP contribution is 2.15. The Kier molecular flexibility index (Phi) is 3.84. The van der Waals surface area contributed by atoms with Crippen LogP contribution in [-0.2, 0) is 0 Å². The minimum Gasteiger partial charge on any atom is -0.277 e. The summed E-state index contributed by atoms with van der Waals surface area (Å²) >= 11 is 5.99. The van der Waals surface area contributed by atoms with Gasteiger partial charge in [-0.3, -0.25) is 9.20 Å². The number of rotatable bonds is 3. The summed E-state index contributed by atoms with van der Waals surface area (Å²) in [4.78, 5) is 12.1. The van der Waals surface area contributed by atoms with Crippen LogP contribution < -0.4 is 5.43 Å². The maximum Gasteiger partial charge on any atom is 0.309 e. The largest absolute Gasteiger partial charge is 0.309 e. The van der Waals surface area contributed by atoms with E-state index in [0.717, 1.165) is 11.1 Å². The van der Waals surface area contributed by atoms with Gasteiger partial charge in [-0.05, 0) is 24.6 Å². The lowest BCUT2D eigenvalue weighted by molar-refractivity contribution is 0.0943. The molecule has 1 amide bonds. The average Bonchev–Trinajstić information content (AvgIpc) is 2.95. The van der Waals surface area contributed by atoms with Crippen LogP contribution in [0.25, 0.3) is 5.65 Å². The first kappa shape index (κ1) is 14.2.